The van der Waals surface area contributed by atoms with Crippen molar-refractivity contribution in [3.05, 3.63) is 29.8 Å². The zero-order chi connectivity index (χ0) is 11.8. The minimum absolute atomic E-state index is 0.215. The normalized spacial score (nSPS) is 17.8. The van der Waals surface area contributed by atoms with Crippen molar-refractivity contribution in [3.63, 3.8) is 0 Å². The summed E-state index contributed by atoms with van der Waals surface area (Å²) >= 11 is 0. The number of imidazole rings is 1. The summed E-state index contributed by atoms with van der Waals surface area (Å²) in [6.07, 6.45) is 2.22. The first-order valence-electron chi connectivity index (χ1n) is 6.08. The van der Waals surface area contributed by atoms with Gasteiger partial charge in [0.05, 0.1) is 11.0 Å². The molecule has 0 unspecified atom stereocenters. The minimum atomic E-state index is -0.215. The van der Waals surface area contributed by atoms with E-state index in [1.807, 2.05) is 13.1 Å². The number of benzene rings is 1. The van der Waals surface area contributed by atoms with E-state index >= 15 is 0 Å². The molecular formula is C13H16FN3. The minimum Gasteiger partial charge on any atom is -0.331 e. The topological polar surface area (TPSA) is 29.9 Å². The van der Waals surface area contributed by atoms with Gasteiger partial charge in [0, 0.05) is 19.0 Å². The zero-order valence-electron chi connectivity index (χ0n) is 9.91. The molecule has 0 radical (unpaired) electrons. The van der Waals surface area contributed by atoms with E-state index in [1.54, 1.807) is 0 Å². The Morgan fingerprint density at radius 2 is 2.12 bits per heavy atom. The summed E-state index contributed by atoms with van der Waals surface area (Å²) in [7, 11) is 2.02. The van der Waals surface area contributed by atoms with Crippen LogP contribution in [0.5, 0.6) is 0 Å². The van der Waals surface area contributed by atoms with Crippen LogP contribution in [0.1, 0.15) is 24.6 Å². The van der Waals surface area contributed by atoms with Crippen LogP contribution < -0.4 is 5.32 Å². The highest BCUT2D eigenvalue weighted by molar-refractivity contribution is 5.76. The van der Waals surface area contributed by atoms with E-state index in [2.05, 4.69) is 14.9 Å². The maximum absolute atomic E-state index is 13.2. The van der Waals surface area contributed by atoms with Crippen LogP contribution in [0.2, 0.25) is 0 Å². The second-order valence-electron chi connectivity index (χ2n) is 4.69. The number of hydrogen-bond acceptors (Lipinski definition) is 2. The summed E-state index contributed by atoms with van der Waals surface area (Å²) in [5.74, 6) is 1.37. The Kier molecular flexibility index (Phi) is 2.59. The fraction of sp³-hybridized carbons (Fsp3) is 0.462. The van der Waals surface area contributed by atoms with E-state index in [4.69, 9.17) is 0 Å². The molecule has 17 heavy (non-hydrogen) atoms. The maximum Gasteiger partial charge on any atom is 0.125 e. The van der Waals surface area contributed by atoms with Crippen LogP contribution in [0, 0.1) is 5.82 Å². The first-order valence-corrected chi connectivity index (χ1v) is 6.08. The Morgan fingerprint density at radius 3 is 2.88 bits per heavy atom. The quantitative estimate of drug-likeness (QED) is 0.818. The molecule has 0 atom stereocenters. The van der Waals surface area contributed by atoms with Gasteiger partial charge >= 0.3 is 0 Å². The van der Waals surface area contributed by atoms with Gasteiger partial charge in [-0.05, 0) is 38.1 Å². The van der Waals surface area contributed by atoms with Gasteiger partial charge in [0.15, 0.2) is 0 Å². The molecule has 2 heterocycles. The van der Waals surface area contributed by atoms with Crippen molar-refractivity contribution in [2.75, 3.05) is 13.1 Å². The van der Waals surface area contributed by atoms with Crippen LogP contribution in [0.15, 0.2) is 18.2 Å². The summed E-state index contributed by atoms with van der Waals surface area (Å²) in [5, 5.41) is 3.35. The predicted molar refractivity (Wildman–Crippen MR) is 65.5 cm³/mol. The molecule has 4 heteroatoms. The Balaban J connectivity index is 2.07. The van der Waals surface area contributed by atoms with E-state index in [0.29, 0.717) is 5.92 Å². The van der Waals surface area contributed by atoms with Crippen LogP contribution in [0.3, 0.4) is 0 Å². The standard InChI is InChI=1S/C13H16FN3/c1-17-12-3-2-10(14)8-11(12)16-13(17)9-4-6-15-7-5-9/h2-3,8-9,15H,4-7H2,1H3. The van der Waals surface area contributed by atoms with Crippen molar-refractivity contribution in [1.82, 2.24) is 14.9 Å². The molecule has 1 aliphatic heterocycles. The molecule has 0 aliphatic carbocycles. The summed E-state index contributed by atoms with van der Waals surface area (Å²) in [5.41, 5.74) is 1.78. The van der Waals surface area contributed by atoms with Crippen LogP contribution in [0.25, 0.3) is 11.0 Å². The van der Waals surface area contributed by atoms with Crippen molar-refractivity contribution in [3.8, 4) is 0 Å². The van der Waals surface area contributed by atoms with Crippen LogP contribution in [-0.4, -0.2) is 22.6 Å². The Labute approximate surface area is 99.7 Å². The second-order valence-corrected chi connectivity index (χ2v) is 4.69. The molecule has 1 fully saturated rings. The van der Waals surface area contributed by atoms with Crippen molar-refractivity contribution >= 4 is 11.0 Å². The lowest BCUT2D eigenvalue weighted by Gasteiger charge is -2.22. The van der Waals surface area contributed by atoms with Gasteiger partial charge in [0.2, 0.25) is 0 Å². The molecule has 90 valence electrons. The van der Waals surface area contributed by atoms with E-state index in [9.17, 15) is 4.39 Å². The molecule has 1 aromatic carbocycles. The molecule has 1 aliphatic rings. The fourth-order valence-electron chi connectivity index (χ4n) is 2.64. The summed E-state index contributed by atoms with van der Waals surface area (Å²) in [6.45, 7) is 2.09. The van der Waals surface area contributed by atoms with Crippen LogP contribution in [0.4, 0.5) is 4.39 Å². The van der Waals surface area contributed by atoms with Crippen molar-refractivity contribution in [2.24, 2.45) is 7.05 Å². The third-order valence-electron chi connectivity index (χ3n) is 3.58. The molecule has 0 bridgehead atoms. The monoisotopic (exact) mass is 233 g/mol. The number of hydrogen-bond donors (Lipinski definition) is 1. The number of aryl methyl sites for hydroxylation is 1. The molecule has 3 nitrogen and oxygen atoms in total. The highest BCUT2D eigenvalue weighted by Gasteiger charge is 2.20. The average Bonchev–Trinajstić information content (AvgIpc) is 2.67. The predicted octanol–water partition coefficient (Wildman–Crippen LogP) is 2.18. The third-order valence-corrected chi connectivity index (χ3v) is 3.58. The molecule has 3 rings (SSSR count). The number of nitrogens with zero attached hydrogens (tertiary/aromatic N) is 2. The highest BCUT2D eigenvalue weighted by atomic mass is 19.1. The number of rotatable bonds is 1. The molecule has 1 saturated heterocycles. The van der Waals surface area contributed by atoms with Gasteiger partial charge in [-0.15, -0.1) is 0 Å². The largest absolute Gasteiger partial charge is 0.331 e. The highest BCUT2D eigenvalue weighted by Crippen LogP contribution is 2.27. The fourth-order valence-corrected chi connectivity index (χ4v) is 2.64. The molecule has 0 saturated carbocycles. The van der Waals surface area contributed by atoms with Gasteiger partial charge in [-0.1, -0.05) is 0 Å². The van der Waals surface area contributed by atoms with E-state index < -0.39 is 0 Å². The Hall–Kier alpha value is -1.42. The van der Waals surface area contributed by atoms with E-state index in [1.165, 1.54) is 12.1 Å². The third kappa shape index (κ3) is 1.82. The van der Waals surface area contributed by atoms with E-state index in [-0.39, 0.29) is 5.82 Å². The van der Waals surface area contributed by atoms with Gasteiger partial charge in [-0.3, -0.25) is 0 Å². The first kappa shape index (κ1) is 10.7. The van der Waals surface area contributed by atoms with E-state index in [0.717, 1.165) is 42.8 Å². The van der Waals surface area contributed by atoms with Crippen LogP contribution >= 0.6 is 0 Å². The van der Waals surface area contributed by atoms with Crippen molar-refractivity contribution < 1.29 is 4.39 Å². The summed E-state index contributed by atoms with van der Waals surface area (Å²) < 4.78 is 15.3. The number of halogens is 1. The molecule has 1 N–H and O–H groups in total. The zero-order valence-corrected chi connectivity index (χ0v) is 9.91. The van der Waals surface area contributed by atoms with Gasteiger partial charge in [-0.2, -0.15) is 0 Å². The first-order chi connectivity index (χ1) is 8.25. The molecule has 2 aromatic rings. The van der Waals surface area contributed by atoms with Gasteiger partial charge in [0.25, 0.3) is 0 Å². The van der Waals surface area contributed by atoms with Crippen LogP contribution in [-0.2, 0) is 7.05 Å². The molecule has 0 amide bonds. The van der Waals surface area contributed by atoms with Crippen molar-refractivity contribution in [1.29, 1.82) is 0 Å². The van der Waals surface area contributed by atoms with Gasteiger partial charge in [0.1, 0.15) is 11.6 Å². The lowest BCUT2D eigenvalue weighted by atomic mass is 9.97. The summed E-state index contributed by atoms with van der Waals surface area (Å²) in [4.78, 5) is 4.59. The lowest BCUT2D eigenvalue weighted by Crippen LogP contribution is -2.27. The lowest BCUT2D eigenvalue weighted by molar-refractivity contribution is 0.438. The smallest absolute Gasteiger partial charge is 0.125 e. The number of nitrogens with one attached hydrogen (secondary N) is 1. The molecule has 0 spiro atoms. The Bertz CT molecular complexity index is 541. The van der Waals surface area contributed by atoms with Gasteiger partial charge < -0.3 is 9.88 Å². The maximum atomic E-state index is 13.2. The average molecular weight is 233 g/mol. The Morgan fingerprint density at radius 1 is 1.35 bits per heavy atom. The number of piperidine rings is 1. The molecule has 1 aromatic heterocycles. The SMILES string of the molecule is Cn1c(C2CCNCC2)nc2cc(F)ccc21. The number of fused-ring (bicyclic) bond motifs is 1. The van der Waals surface area contributed by atoms with Crippen molar-refractivity contribution in [2.45, 2.75) is 18.8 Å². The summed E-state index contributed by atoms with van der Waals surface area (Å²) in [6, 6.07) is 4.82. The van der Waals surface area contributed by atoms with Gasteiger partial charge in [-0.25, -0.2) is 9.37 Å². The number of aromatic nitrogens is 2. The molecular weight excluding hydrogens is 217 g/mol. The second kappa shape index (κ2) is 4.11.